The first-order chi connectivity index (χ1) is 6.75. The minimum atomic E-state index is -0.495. The summed E-state index contributed by atoms with van der Waals surface area (Å²) in [5.74, 6) is 5.10. The second kappa shape index (κ2) is 4.77. The average Bonchev–Trinajstić information content (AvgIpc) is 2.19. The van der Waals surface area contributed by atoms with Gasteiger partial charge < -0.3 is 4.79 Å². The van der Waals surface area contributed by atoms with E-state index in [1.807, 2.05) is 0 Å². The number of rotatable bonds is 2. The first kappa shape index (κ1) is 9.93. The summed E-state index contributed by atoms with van der Waals surface area (Å²) in [5.41, 5.74) is 0.297. The molecule has 0 bridgehead atoms. The molecule has 0 fully saturated rings. The molecule has 0 spiro atoms. The molecule has 1 aromatic rings. The Hall–Kier alpha value is -2.15. The van der Waals surface area contributed by atoms with Gasteiger partial charge in [-0.25, -0.2) is 0 Å². The van der Waals surface area contributed by atoms with Gasteiger partial charge in [-0.2, -0.15) is 0 Å². The Morgan fingerprint density at radius 3 is 2.79 bits per heavy atom. The van der Waals surface area contributed by atoms with Crippen LogP contribution in [-0.4, -0.2) is 11.2 Å². The maximum absolute atomic E-state index is 10.5. The Morgan fingerprint density at radius 2 is 2.14 bits per heavy atom. The van der Waals surface area contributed by atoms with Gasteiger partial charge in [-0.1, -0.05) is 24.0 Å². The summed E-state index contributed by atoms with van der Waals surface area (Å²) in [5, 5.41) is 10.5. The highest BCUT2D eigenvalue weighted by Gasteiger charge is 2.09. The van der Waals surface area contributed by atoms with Crippen molar-refractivity contribution in [3.63, 3.8) is 0 Å². The molecule has 0 atom stereocenters. The molecule has 0 radical (unpaired) electrons. The molecule has 0 unspecified atom stereocenters. The molecule has 0 saturated heterocycles. The van der Waals surface area contributed by atoms with E-state index >= 15 is 0 Å². The molecule has 0 heterocycles. The fourth-order valence-corrected chi connectivity index (χ4v) is 0.926. The summed E-state index contributed by atoms with van der Waals surface area (Å²) in [6, 6.07) is 6.17. The minimum Gasteiger partial charge on any atom is -0.302 e. The van der Waals surface area contributed by atoms with Crippen LogP contribution in [0, 0.1) is 22.0 Å². The van der Waals surface area contributed by atoms with E-state index < -0.39 is 4.92 Å². The van der Waals surface area contributed by atoms with Crippen LogP contribution in [0.25, 0.3) is 0 Å². The van der Waals surface area contributed by atoms with E-state index in [2.05, 4.69) is 11.8 Å². The SMILES string of the molecule is O=CCC#Cc1ccccc1[N+](=O)[O-]. The zero-order valence-corrected chi connectivity index (χ0v) is 7.27. The highest BCUT2D eigenvalue weighted by Crippen LogP contribution is 2.15. The first-order valence-electron chi connectivity index (χ1n) is 3.91. The van der Waals surface area contributed by atoms with Crippen LogP contribution in [0.1, 0.15) is 12.0 Å². The number of carbonyl (C=O) groups is 1. The molecule has 1 rings (SSSR count). The molecular weight excluding hydrogens is 182 g/mol. The van der Waals surface area contributed by atoms with Crippen molar-refractivity contribution in [3.05, 3.63) is 39.9 Å². The van der Waals surface area contributed by atoms with Gasteiger partial charge in [-0.15, -0.1) is 0 Å². The van der Waals surface area contributed by atoms with Crippen molar-refractivity contribution in [2.24, 2.45) is 0 Å². The number of aldehydes is 1. The van der Waals surface area contributed by atoms with E-state index in [-0.39, 0.29) is 12.1 Å². The van der Waals surface area contributed by atoms with Gasteiger partial charge in [0.15, 0.2) is 0 Å². The van der Waals surface area contributed by atoms with Crippen molar-refractivity contribution in [2.45, 2.75) is 6.42 Å². The standard InChI is InChI=1S/C10H7NO3/c12-8-4-3-6-9-5-1-2-7-10(9)11(13)14/h1-2,5,7-8H,4H2. The van der Waals surface area contributed by atoms with Crippen LogP contribution in [0.3, 0.4) is 0 Å². The Kier molecular flexibility index (Phi) is 3.39. The van der Waals surface area contributed by atoms with Crippen LogP contribution < -0.4 is 0 Å². The van der Waals surface area contributed by atoms with E-state index in [4.69, 9.17) is 0 Å². The summed E-state index contributed by atoms with van der Waals surface area (Å²) < 4.78 is 0. The smallest absolute Gasteiger partial charge is 0.284 e. The van der Waals surface area contributed by atoms with Gasteiger partial charge >= 0.3 is 0 Å². The fourth-order valence-electron chi connectivity index (χ4n) is 0.926. The van der Waals surface area contributed by atoms with Crippen LogP contribution in [0.5, 0.6) is 0 Å². The Morgan fingerprint density at radius 1 is 1.43 bits per heavy atom. The minimum absolute atomic E-state index is 0.0362. The van der Waals surface area contributed by atoms with Crippen LogP contribution in [-0.2, 0) is 4.79 Å². The Labute approximate surface area is 80.7 Å². The number of hydrogen-bond donors (Lipinski definition) is 0. The third-order valence-corrected chi connectivity index (χ3v) is 1.51. The van der Waals surface area contributed by atoms with Crippen LogP contribution >= 0.6 is 0 Å². The number of carbonyl (C=O) groups excluding carboxylic acids is 1. The molecular formula is C10H7NO3. The van der Waals surface area contributed by atoms with Crippen molar-refractivity contribution in [3.8, 4) is 11.8 Å². The summed E-state index contributed by atoms with van der Waals surface area (Å²) in [7, 11) is 0. The molecule has 0 N–H and O–H groups in total. The average molecular weight is 189 g/mol. The molecule has 4 heteroatoms. The molecule has 0 aromatic heterocycles. The number of nitro groups is 1. The molecule has 0 aliphatic rings. The lowest BCUT2D eigenvalue weighted by atomic mass is 10.2. The van der Waals surface area contributed by atoms with E-state index in [0.717, 1.165) is 0 Å². The molecule has 0 saturated carbocycles. The van der Waals surface area contributed by atoms with Crippen LogP contribution in [0.2, 0.25) is 0 Å². The lowest BCUT2D eigenvalue weighted by molar-refractivity contribution is -0.385. The van der Waals surface area contributed by atoms with Gasteiger partial charge in [0.1, 0.15) is 11.8 Å². The van der Waals surface area contributed by atoms with E-state index in [1.165, 1.54) is 6.07 Å². The van der Waals surface area contributed by atoms with Crippen LogP contribution in [0.4, 0.5) is 5.69 Å². The van der Waals surface area contributed by atoms with Gasteiger partial charge in [0.25, 0.3) is 5.69 Å². The van der Waals surface area contributed by atoms with Crippen LogP contribution in [0.15, 0.2) is 24.3 Å². The summed E-state index contributed by atoms with van der Waals surface area (Å²) >= 11 is 0. The predicted molar refractivity (Wildman–Crippen MR) is 50.7 cm³/mol. The zero-order chi connectivity index (χ0) is 10.4. The lowest BCUT2D eigenvalue weighted by Gasteiger charge is -1.92. The summed E-state index contributed by atoms with van der Waals surface area (Å²) in [6.07, 6.45) is 0.744. The third kappa shape index (κ3) is 2.42. The quantitative estimate of drug-likeness (QED) is 0.307. The maximum Gasteiger partial charge on any atom is 0.284 e. The molecule has 4 nitrogen and oxygen atoms in total. The van der Waals surface area contributed by atoms with Gasteiger partial charge in [0.05, 0.1) is 11.3 Å². The van der Waals surface area contributed by atoms with E-state index in [9.17, 15) is 14.9 Å². The molecule has 0 aliphatic heterocycles. The zero-order valence-electron chi connectivity index (χ0n) is 7.27. The van der Waals surface area contributed by atoms with Gasteiger partial charge in [-0.05, 0) is 6.07 Å². The van der Waals surface area contributed by atoms with Gasteiger partial charge in [0, 0.05) is 6.07 Å². The maximum atomic E-state index is 10.5. The second-order valence-electron chi connectivity index (χ2n) is 2.45. The van der Waals surface area contributed by atoms with E-state index in [0.29, 0.717) is 11.8 Å². The Bertz CT molecular complexity index is 415. The van der Waals surface area contributed by atoms with Crippen molar-refractivity contribution in [2.75, 3.05) is 0 Å². The monoisotopic (exact) mass is 189 g/mol. The number of hydrogen-bond acceptors (Lipinski definition) is 3. The highest BCUT2D eigenvalue weighted by atomic mass is 16.6. The van der Waals surface area contributed by atoms with Gasteiger partial charge in [0.2, 0.25) is 0 Å². The summed E-state index contributed by atoms with van der Waals surface area (Å²) in [4.78, 5) is 20.0. The number of benzene rings is 1. The van der Waals surface area contributed by atoms with Crippen molar-refractivity contribution < 1.29 is 9.72 Å². The number of para-hydroxylation sites is 1. The predicted octanol–water partition coefficient (Wildman–Crippen LogP) is 1.54. The second-order valence-corrected chi connectivity index (χ2v) is 2.45. The Balaban J connectivity index is 3.03. The van der Waals surface area contributed by atoms with Gasteiger partial charge in [-0.3, -0.25) is 10.1 Å². The topological polar surface area (TPSA) is 60.2 Å². The molecule has 0 aliphatic carbocycles. The van der Waals surface area contributed by atoms with Crippen molar-refractivity contribution in [1.29, 1.82) is 0 Å². The van der Waals surface area contributed by atoms with Crippen molar-refractivity contribution >= 4 is 12.0 Å². The fraction of sp³-hybridized carbons (Fsp3) is 0.100. The first-order valence-corrected chi connectivity index (χ1v) is 3.91. The molecule has 0 amide bonds. The molecule has 70 valence electrons. The summed E-state index contributed by atoms with van der Waals surface area (Å²) in [6.45, 7) is 0. The van der Waals surface area contributed by atoms with E-state index in [1.54, 1.807) is 18.2 Å². The van der Waals surface area contributed by atoms with Crippen molar-refractivity contribution in [1.82, 2.24) is 0 Å². The molecule has 1 aromatic carbocycles. The third-order valence-electron chi connectivity index (χ3n) is 1.51. The number of nitrogens with zero attached hydrogens (tertiary/aromatic N) is 1. The lowest BCUT2D eigenvalue weighted by Crippen LogP contribution is -1.91. The molecule has 14 heavy (non-hydrogen) atoms. The normalized spacial score (nSPS) is 8.57. The number of nitro benzene ring substituents is 1. The largest absolute Gasteiger partial charge is 0.302 e. The highest BCUT2D eigenvalue weighted by molar-refractivity contribution is 5.57.